The molecule has 0 saturated carbocycles. The molecule has 1 atom stereocenters. The van der Waals surface area contributed by atoms with Crippen LogP contribution in [-0.4, -0.2) is 47.2 Å². The first-order valence-corrected chi connectivity index (χ1v) is 13.0. The molecule has 1 unspecified atom stereocenters. The van der Waals surface area contributed by atoms with Gasteiger partial charge in [-0.1, -0.05) is 25.1 Å². The van der Waals surface area contributed by atoms with Gasteiger partial charge in [0.2, 0.25) is 0 Å². The third-order valence-corrected chi connectivity index (χ3v) is 8.51. The number of thioether (sulfide) groups is 1. The quantitative estimate of drug-likeness (QED) is 0.269. The van der Waals surface area contributed by atoms with Gasteiger partial charge in [-0.05, 0) is 82.4 Å². The Kier molecular flexibility index (Phi) is 7.82. The van der Waals surface area contributed by atoms with Crippen molar-refractivity contribution in [3.8, 4) is 5.75 Å². The molecule has 33 heavy (non-hydrogen) atoms. The lowest BCUT2D eigenvalue weighted by atomic mass is 9.94. The van der Waals surface area contributed by atoms with Gasteiger partial charge in [-0.15, -0.1) is 11.8 Å². The first-order valence-electron chi connectivity index (χ1n) is 12.1. The summed E-state index contributed by atoms with van der Waals surface area (Å²) in [6.45, 7) is 10.6. The molecule has 5 heteroatoms. The summed E-state index contributed by atoms with van der Waals surface area (Å²) in [5, 5.41) is 1.67. The van der Waals surface area contributed by atoms with E-state index >= 15 is 0 Å². The summed E-state index contributed by atoms with van der Waals surface area (Å²) >= 11 is 2.04. The van der Waals surface area contributed by atoms with Crippen molar-refractivity contribution in [3.05, 3.63) is 59.8 Å². The predicted octanol–water partition coefficient (Wildman–Crippen LogP) is 6.44. The minimum Gasteiger partial charge on any atom is -0.497 e. The fourth-order valence-electron chi connectivity index (χ4n) is 4.96. The van der Waals surface area contributed by atoms with Gasteiger partial charge < -0.3 is 14.2 Å². The fourth-order valence-corrected chi connectivity index (χ4v) is 6.24. The first kappa shape index (κ1) is 23.9. The Labute approximate surface area is 202 Å². The van der Waals surface area contributed by atoms with E-state index in [0.29, 0.717) is 5.25 Å². The summed E-state index contributed by atoms with van der Waals surface area (Å²) in [7, 11) is 1.68. The van der Waals surface area contributed by atoms with Crippen molar-refractivity contribution < 1.29 is 9.53 Å². The lowest BCUT2D eigenvalue weighted by molar-refractivity contribution is 0.101. The van der Waals surface area contributed by atoms with Crippen LogP contribution in [-0.2, 0) is 6.54 Å². The van der Waals surface area contributed by atoms with Crippen LogP contribution in [0.2, 0.25) is 0 Å². The molecular weight excluding hydrogens is 428 g/mol. The molecule has 1 aliphatic heterocycles. The molecule has 0 amide bonds. The summed E-state index contributed by atoms with van der Waals surface area (Å²) in [6.07, 6.45) is 5.65. The summed E-state index contributed by atoms with van der Waals surface area (Å²) < 4.78 is 7.64. The number of ether oxygens (including phenoxy) is 1. The molecule has 0 N–H and O–H groups in total. The zero-order valence-corrected chi connectivity index (χ0v) is 21.2. The molecule has 1 saturated heterocycles. The SMILES string of the molecule is COc1ccc2c(C(C)=O)cn(CCCN3CCC(C(C)Sc4ccccc4C)CC3)c2c1. The summed E-state index contributed by atoms with van der Waals surface area (Å²) in [4.78, 5) is 16.1. The monoisotopic (exact) mass is 464 g/mol. The Hall–Kier alpha value is -2.24. The average molecular weight is 465 g/mol. The number of nitrogens with zero attached hydrogens (tertiary/aromatic N) is 2. The van der Waals surface area contributed by atoms with Crippen LogP contribution in [0.25, 0.3) is 10.9 Å². The van der Waals surface area contributed by atoms with Gasteiger partial charge in [-0.25, -0.2) is 0 Å². The molecule has 2 aromatic carbocycles. The molecule has 0 radical (unpaired) electrons. The van der Waals surface area contributed by atoms with E-state index in [1.165, 1.54) is 36.4 Å². The minimum atomic E-state index is 0.115. The highest BCUT2D eigenvalue weighted by molar-refractivity contribution is 8.00. The van der Waals surface area contributed by atoms with Crippen LogP contribution in [0.3, 0.4) is 0 Å². The number of aromatic nitrogens is 1. The number of likely N-dealkylation sites (tertiary alicyclic amines) is 1. The van der Waals surface area contributed by atoms with E-state index in [0.717, 1.165) is 47.6 Å². The van der Waals surface area contributed by atoms with Crippen LogP contribution < -0.4 is 4.74 Å². The van der Waals surface area contributed by atoms with Crippen LogP contribution in [0.15, 0.2) is 53.6 Å². The van der Waals surface area contributed by atoms with E-state index in [9.17, 15) is 4.79 Å². The number of carbonyl (C=O) groups is 1. The highest BCUT2D eigenvalue weighted by Gasteiger charge is 2.24. The number of hydrogen-bond donors (Lipinski definition) is 0. The number of ketones is 1. The van der Waals surface area contributed by atoms with Crippen LogP contribution in [0.1, 0.15) is 49.0 Å². The second-order valence-corrected chi connectivity index (χ2v) is 10.7. The molecule has 4 nitrogen and oxygen atoms in total. The number of aryl methyl sites for hydroxylation is 2. The number of rotatable bonds is 9. The van der Waals surface area contributed by atoms with Crippen LogP contribution in [0, 0.1) is 12.8 Å². The van der Waals surface area contributed by atoms with Gasteiger partial charge in [0.05, 0.1) is 12.6 Å². The third-order valence-electron chi connectivity index (χ3n) is 7.04. The Morgan fingerprint density at radius 2 is 1.91 bits per heavy atom. The lowest BCUT2D eigenvalue weighted by Crippen LogP contribution is -2.37. The standard InChI is InChI=1S/C28H36N2O2S/c1-20-8-5-6-9-28(20)33-22(3)23-12-16-29(17-13-23)14-7-15-30-19-26(21(2)31)25-11-10-24(32-4)18-27(25)30/h5-6,8-11,18-19,22-23H,7,12-17H2,1-4H3. The molecule has 176 valence electrons. The maximum absolute atomic E-state index is 12.1. The Bertz CT molecular complexity index is 1100. The molecule has 0 bridgehead atoms. The topological polar surface area (TPSA) is 34.5 Å². The lowest BCUT2D eigenvalue weighted by Gasteiger charge is -2.34. The molecule has 3 aromatic rings. The maximum Gasteiger partial charge on any atom is 0.161 e. The summed E-state index contributed by atoms with van der Waals surface area (Å²) in [5.41, 5.74) is 3.27. The highest BCUT2D eigenvalue weighted by atomic mass is 32.2. The molecule has 0 spiro atoms. The molecule has 1 aromatic heterocycles. The predicted molar refractivity (Wildman–Crippen MR) is 139 cm³/mol. The number of carbonyl (C=O) groups excluding carboxylic acids is 1. The van der Waals surface area contributed by atoms with Crippen LogP contribution >= 0.6 is 11.8 Å². The number of Topliss-reactive ketones (excluding diaryl/α,β-unsaturated/α-hetero) is 1. The number of fused-ring (bicyclic) bond motifs is 1. The van der Waals surface area contributed by atoms with Crippen molar-refractivity contribution in [3.63, 3.8) is 0 Å². The van der Waals surface area contributed by atoms with Crippen molar-refractivity contribution >= 4 is 28.4 Å². The van der Waals surface area contributed by atoms with Gasteiger partial charge in [0.1, 0.15) is 5.75 Å². The number of piperidine rings is 1. The Morgan fingerprint density at radius 1 is 1.15 bits per heavy atom. The van der Waals surface area contributed by atoms with Gasteiger partial charge in [0.25, 0.3) is 0 Å². The van der Waals surface area contributed by atoms with Gasteiger partial charge in [-0.3, -0.25) is 4.79 Å². The number of hydrogen-bond acceptors (Lipinski definition) is 4. The Balaban J connectivity index is 1.29. The van der Waals surface area contributed by atoms with Gasteiger partial charge in [0, 0.05) is 39.9 Å². The van der Waals surface area contributed by atoms with Crippen molar-refractivity contribution in [1.82, 2.24) is 9.47 Å². The first-order chi connectivity index (χ1) is 16.0. The molecule has 2 heterocycles. The van der Waals surface area contributed by atoms with Crippen LogP contribution in [0.5, 0.6) is 5.75 Å². The van der Waals surface area contributed by atoms with E-state index in [1.807, 2.05) is 36.2 Å². The molecular formula is C28H36N2O2S. The number of methoxy groups -OCH3 is 1. The summed E-state index contributed by atoms with van der Waals surface area (Å²) in [5.74, 6) is 1.73. The molecule has 1 aliphatic rings. The second kappa shape index (κ2) is 10.8. The van der Waals surface area contributed by atoms with E-state index in [-0.39, 0.29) is 5.78 Å². The zero-order valence-electron chi connectivity index (χ0n) is 20.3. The third kappa shape index (κ3) is 5.64. The Morgan fingerprint density at radius 3 is 2.61 bits per heavy atom. The van der Waals surface area contributed by atoms with E-state index < -0.39 is 0 Å². The van der Waals surface area contributed by atoms with E-state index in [4.69, 9.17) is 4.74 Å². The summed E-state index contributed by atoms with van der Waals surface area (Å²) in [6, 6.07) is 14.7. The fraction of sp³-hybridized carbons (Fsp3) is 0.464. The van der Waals surface area contributed by atoms with Crippen LogP contribution in [0.4, 0.5) is 0 Å². The van der Waals surface area contributed by atoms with Crippen molar-refractivity contribution in [2.45, 2.75) is 56.7 Å². The van der Waals surface area contributed by atoms with Crippen molar-refractivity contribution in [2.24, 2.45) is 5.92 Å². The highest BCUT2D eigenvalue weighted by Crippen LogP contribution is 2.35. The van der Waals surface area contributed by atoms with Gasteiger partial charge >= 0.3 is 0 Å². The number of benzene rings is 2. The van der Waals surface area contributed by atoms with E-state index in [1.54, 1.807) is 14.0 Å². The molecule has 4 rings (SSSR count). The zero-order chi connectivity index (χ0) is 23.4. The normalized spacial score (nSPS) is 16.2. The molecule has 0 aliphatic carbocycles. The largest absolute Gasteiger partial charge is 0.497 e. The average Bonchev–Trinajstić information content (AvgIpc) is 3.19. The minimum absolute atomic E-state index is 0.115. The molecule has 1 fully saturated rings. The van der Waals surface area contributed by atoms with E-state index in [2.05, 4.69) is 47.6 Å². The second-order valence-electron chi connectivity index (χ2n) is 9.30. The van der Waals surface area contributed by atoms with Gasteiger partial charge in [0.15, 0.2) is 5.78 Å². The van der Waals surface area contributed by atoms with Crippen molar-refractivity contribution in [1.29, 1.82) is 0 Å². The van der Waals surface area contributed by atoms with Crippen molar-refractivity contribution in [2.75, 3.05) is 26.7 Å². The van der Waals surface area contributed by atoms with Gasteiger partial charge in [-0.2, -0.15) is 0 Å². The maximum atomic E-state index is 12.1. The smallest absolute Gasteiger partial charge is 0.161 e.